The van der Waals surface area contributed by atoms with Crippen LogP contribution in [-0.2, 0) is 4.74 Å². The summed E-state index contributed by atoms with van der Waals surface area (Å²) in [5.41, 5.74) is 0.523. The van der Waals surface area contributed by atoms with E-state index in [9.17, 15) is 13.6 Å². The van der Waals surface area contributed by atoms with Crippen LogP contribution in [0.25, 0.3) is 5.57 Å². The van der Waals surface area contributed by atoms with Crippen molar-refractivity contribution in [1.82, 2.24) is 4.90 Å². The van der Waals surface area contributed by atoms with Crippen molar-refractivity contribution in [3.05, 3.63) is 41.5 Å². The van der Waals surface area contributed by atoms with Crippen molar-refractivity contribution >= 4 is 11.7 Å². The molecule has 2 aliphatic heterocycles. The van der Waals surface area contributed by atoms with Gasteiger partial charge in [-0.2, -0.15) is 0 Å². The van der Waals surface area contributed by atoms with Crippen LogP contribution in [-0.4, -0.2) is 28.7 Å². The predicted octanol–water partition coefficient (Wildman–Crippen LogP) is 4.52. The standard InChI is InChI=1S/C18H21F2NO2/c1-18(2,3)23-17(22)21-13-5-6-14(21)9-11(8-13)15-10-12(19)4-7-16(15)20/h4,7-8,10,13-14H,5-6,9H2,1-3H3. The lowest BCUT2D eigenvalue weighted by Gasteiger charge is -2.35. The maximum Gasteiger partial charge on any atom is 0.411 e. The van der Waals surface area contributed by atoms with Crippen LogP contribution in [0.2, 0.25) is 0 Å². The third kappa shape index (κ3) is 3.23. The Morgan fingerprint density at radius 3 is 2.65 bits per heavy atom. The molecular weight excluding hydrogens is 300 g/mol. The molecule has 1 fully saturated rings. The highest BCUT2D eigenvalue weighted by Gasteiger charge is 2.41. The van der Waals surface area contributed by atoms with Gasteiger partial charge in [-0.15, -0.1) is 0 Å². The van der Waals surface area contributed by atoms with E-state index in [1.54, 1.807) is 4.90 Å². The molecule has 2 atom stereocenters. The van der Waals surface area contributed by atoms with Gasteiger partial charge in [0.2, 0.25) is 0 Å². The number of nitrogens with zero attached hydrogens (tertiary/aromatic N) is 1. The predicted molar refractivity (Wildman–Crippen MR) is 83.8 cm³/mol. The number of hydrogen-bond acceptors (Lipinski definition) is 2. The Morgan fingerprint density at radius 2 is 2.00 bits per heavy atom. The largest absolute Gasteiger partial charge is 0.444 e. The van der Waals surface area contributed by atoms with E-state index in [2.05, 4.69) is 0 Å². The maximum atomic E-state index is 14.0. The molecule has 1 aromatic carbocycles. The minimum absolute atomic E-state index is 0.0162. The number of carbonyl (C=O) groups is 1. The van der Waals surface area contributed by atoms with Crippen LogP contribution in [0.1, 0.15) is 45.6 Å². The molecule has 0 radical (unpaired) electrons. The molecule has 3 nitrogen and oxygen atoms in total. The van der Waals surface area contributed by atoms with Gasteiger partial charge in [-0.05, 0) is 63.8 Å². The molecule has 0 aromatic heterocycles. The maximum absolute atomic E-state index is 14.0. The van der Waals surface area contributed by atoms with Crippen LogP contribution in [0.3, 0.4) is 0 Å². The van der Waals surface area contributed by atoms with Gasteiger partial charge in [0.1, 0.15) is 17.2 Å². The summed E-state index contributed by atoms with van der Waals surface area (Å²) >= 11 is 0. The third-order valence-corrected chi connectivity index (χ3v) is 4.27. The molecule has 1 amide bonds. The van der Waals surface area contributed by atoms with Crippen molar-refractivity contribution in [1.29, 1.82) is 0 Å². The second-order valence-corrected chi connectivity index (χ2v) is 7.21. The molecule has 2 heterocycles. The Bertz CT molecular complexity index is 663. The van der Waals surface area contributed by atoms with Gasteiger partial charge < -0.3 is 4.74 Å². The van der Waals surface area contributed by atoms with Gasteiger partial charge in [-0.3, -0.25) is 4.90 Å². The topological polar surface area (TPSA) is 29.5 Å². The summed E-state index contributed by atoms with van der Waals surface area (Å²) in [6.45, 7) is 5.50. The molecule has 0 saturated carbocycles. The van der Waals surface area contributed by atoms with Crippen LogP contribution in [0.4, 0.5) is 13.6 Å². The molecule has 2 unspecified atom stereocenters. The Balaban J connectivity index is 1.86. The lowest BCUT2D eigenvalue weighted by molar-refractivity contribution is 0.0175. The van der Waals surface area contributed by atoms with E-state index in [1.807, 2.05) is 26.8 Å². The molecule has 0 N–H and O–H groups in total. The van der Waals surface area contributed by atoms with Crippen LogP contribution in [0.15, 0.2) is 24.3 Å². The Hall–Kier alpha value is -1.91. The van der Waals surface area contributed by atoms with Gasteiger partial charge in [0.15, 0.2) is 0 Å². The molecule has 5 heteroatoms. The highest BCUT2D eigenvalue weighted by atomic mass is 19.1. The first-order chi connectivity index (χ1) is 10.7. The van der Waals surface area contributed by atoms with Gasteiger partial charge in [-0.25, -0.2) is 13.6 Å². The number of carbonyl (C=O) groups excluding carboxylic acids is 1. The average molecular weight is 321 g/mol. The number of ether oxygens (including phenoxy) is 1. The molecule has 0 spiro atoms. The van der Waals surface area contributed by atoms with Crippen LogP contribution in [0, 0.1) is 11.6 Å². The van der Waals surface area contributed by atoms with E-state index in [0.717, 1.165) is 30.5 Å². The SMILES string of the molecule is CC(C)(C)OC(=O)N1C2C=C(c3cc(F)ccc3F)CC1CC2. The summed E-state index contributed by atoms with van der Waals surface area (Å²) in [6.07, 6.45) is 3.74. The molecule has 0 aliphatic carbocycles. The van der Waals surface area contributed by atoms with E-state index in [-0.39, 0.29) is 18.2 Å². The van der Waals surface area contributed by atoms with Gasteiger partial charge in [-0.1, -0.05) is 6.08 Å². The van der Waals surface area contributed by atoms with Crippen molar-refractivity contribution in [3.8, 4) is 0 Å². The lowest BCUT2D eigenvalue weighted by atomic mass is 9.94. The van der Waals surface area contributed by atoms with Gasteiger partial charge in [0.25, 0.3) is 0 Å². The molecule has 3 rings (SSSR count). The van der Waals surface area contributed by atoms with E-state index >= 15 is 0 Å². The fraction of sp³-hybridized carbons (Fsp3) is 0.500. The quantitative estimate of drug-likeness (QED) is 0.761. The minimum Gasteiger partial charge on any atom is -0.444 e. The minimum atomic E-state index is -0.546. The van der Waals surface area contributed by atoms with Crippen molar-refractivity contribution in [2.24, 2.45) is 0 Å². The highest BCUT2D eigenvalue weighted by molar-refractivity contribution is 5.75. The summed E-state index contributed by atoms with van der Waals surface area (Å²) < 4.78 is 32.9. The summed E-state index contributed by atoms with van der Waals surface area (Å²) in [7, 11) is 0. The second-order valence-electron chi connectivity index (χ2n) is 7.21. The van der Waals surface area contributed by atoms with Crippen molar-refractivity contribution in [2.75, 3.05) is 0 Å². The van der Waals surface area contributed by atoms with Crippen molar-refractivity contribution in [2.45, 2.75) is 57.7 Å². The smallest absolute Gasteiger partial charge is 0.411 e. The fourth-order valence-electron chi connectivity index (χ4n) is 3.37. The Kier molecular flexibility index (Phi) is 3.90. The summed E-state index contributed by atoms with van der Waals surface area (Å²) in [6, 6.07) is 3.36. The van der Waals surface area contributed by atoms with Crippen LogP contribution in [0.5, 0.6) is 0 Å². The fourth-order valence-corrected chi connectivity index (χ4v) is 3.37. The Morgan fingerprint density at radius 1 is 1.26 bits per heavy atom. The summed E-state index contributed by atoms with van der Waals surface area (Å²) in [5.74, 6) is -0.882. The van der Waals surface area contributed by atoms with Crippen molar-refractivity contribution < 1.29 is 18.3 Å². The van der Waals surface area contributed by atoms with E-state index in [1.165, 1.54) is 6.07 Å². The number of halogens is 2. The first-order valence-electron chi connectivity index (χ1n) is 7.92. The molecule has 124 valence electrons. The molecule has 1 aromatic rings. The second kappa shape index (κ2) is 5.62. The monoisotopic (exact) mass is 321 g/mol. The summed E-state index contributed by atoms with van der Waals surface area (Å²) in [4.78, 5) is 14.1. The molecule has 2 bridgehead atoms. The number of hydrogen-bond donors (Lipinski definition) is 0. The molecule has 1 saturated heterocycles. The van der Waals surface area contributed by atoms with E-state index < -0.39 is 17.2 Å². The summed E-state index contributed by atoms with van der Waals surface area (Å²) in [5, 5.41) is 0. The van der Waals surface area contributed by atoms with Gasteiger partial charge in [0, 0.05) is 11.6 Å². The van der Waals surface area contributed by atoms with Gasteiger partial charge >= 0.3 is 6.09 Å². The molecule has 23 heavy (non-hydrogen) atoms. The third-order valence-electron chi connectivity index (χ3n) is 4.27. The number of rotatable bonds is 1. The van der Waals surface area contributed by atoms with E-state index in [4.69, 9.17) is 4.74 Å². The molecule has 2 aliphatic rings. The lowest BCUT2D eigenvalue weighted by Crippen LogP contribution is -2.45. The van der Waals surface area contributed by atoms with Crippen LogP contribution >= 0.6 is 0 Å². The zero-order valence-electron chi connectivity index (χ0n) is 13.6. The highest BCUT2D eigenvalue weighted by Crippen LogP contribution is 2.40. The zero-order chi connectivity index (χ0) is 16.8. The zero-order valence-corrected chi connectivity index (χ0v) is 13.6. The number of benzene rings is 1. The van der Waals surface area contributed by atoms with Crippen molar-refractivity contribution in [3.63, 3.8) is 0 Å². The first-order valence-corrected chi connectivity index (χ1v) is 7.92. The number of fused-ring (bicyclic) bond motifs is 2. The Labute approximate surface area is 134 Å². The van der Waals surface area contributed by atoms with E-state index in [0.29, 0.717) is 12.0 Å². The normalized spacial score (nSPS) is 23.7. The average Bonchev–Trinajstić information content (AvgIpc) is 2.71. The van der Waals surface area contributed by atoms with Gasteiger partial charge in [0.05, 0.1) is 6.04 Å². The first kappa shape index (κ1) is 16.0. The number of amides is 1. The molecular formula is C18H21F2NO2. The van der Waals surface area contributed by atoms with Crippen LogP contribution < -0.4 is 0 Å².